The molecule has 0 bridgehead atoms. The number of aryl methyl sites for hydroxylation is 6. The summed E-state index contributed by atoms with van der Waals surface area (Å²) in [4.78, 5) is 17.4. The van der Waals surface area contributed by atoms with Crippen LogP contribution in [-0.4, -0.2) is 15.0 Å². The van der Waals surface area contributed by atoms with E-state index in [1.54, 1.807) is 0 Å². The zero-order valence-corrected chi connectivity index (χ0v) is 23.7. The van der Waals surface area contributed by atoms with E-state index < -0.39 is 0 Å². The molecule has 1 unspecified atom stereocenters. The standard InChI is InChI=1S/C33H38N4/c1-11-27-18-22(6)28(13-12-19(2)3)37(27)33-35-31(29-23(7)14-20(4)15-24(29)8)34-32(36-33)30-25(9)16-21(5)17-26(30)10/h11-18,22H,1H2,2-10H3/b28-13+. The van der Waals surface area contributed by atoms with Gasteiger partial charge in [0.2, 0.25) is 5.95 Å². The van der Waals surface area contributed by atoms with Gasteiger partial charge in [-0.25, -0.2) is 4.98 Å². The van der Waals surface area contributed by atoms with Crippen molar-refractivity contribution in [3.05, 3.63) is 105 Å². The van der Waals surface area contributed by atoms with E-state index >= 15 is 0 Å². The molecule has 1 aliphatic heterocycles. The van der Waals surface area contributed by atoms with Gasteiger partial charge in [-0.1, -0.05) is 66.6 Å². The Morgan fingerprint density at radius 3 is 1.65 bits per heavy atom. The fourth-order valence-corrected chi connectivity index (χ4v) is 5.39. The van der Waals surface area contributed by atoms with Crippen molar-refractivity contribution in [2.75, 3.05) is 4.90 Å². The van der Waals surface area contributed by atoms with E-state index in [2.05, 4.69) is 116 Å². The van der Waals surface area contributed by atoms with Gasteiger partial charge in [-0.2, -0.15) is 9.97 Å². The molecular weight excluding hydrogens is 452 g/mol. The summed E-state index contributed by atoms with van der Waals surface area (Å²) in [5.74, 6) is 2.21. The number of hydrogen-bond donors (Lipinski definition) is 0. The predicted octanol–water partition coefficient (Wildman–Crippen LogP) is 8.43. The lowest BCUT2D eigenvalue weighted by Gasteiger charge is -2.24. The van der Waals surface area contributed by atoms with E-state index in [0.29, 0.717) is 17.6 Å². The van der Waals surface area contributed by atoms with Gasteiger partial charge >= 0.3 is 0 Å². The molecule has 0 aliphatic carbocycles. The van der Waals surface area contributed by atoms with Gasteiger partial charge in [-0.3, -0.25) is 4.90 Å². The Labute approximate surface area is 222 Å². The van der Waals surface area contributed by atoms with E-state index in [9.17, 15) is 0 Å². The molecule has 0 spiro atoms. The van der Waals surface area contributed by atoms with Gasteiger partial charge in [-0.15, -0.1) is 0 Å². The van der Waals surface area contributed by atoms with E-state index in [0.717, 1.165) is 44.8 Å². The smallest absolute Gasteiger partial charge is 0.238 e. The second-order valence-corrected chi connectivity index (χ2v) is 10.6. The van der Waals surface area contributed by atoms with Crippen LogP contribution in [0.15, 0.2) is 72.1 Å². The molecule has 0 fully saturated rings. The van der Waals surface area contributed by atoms with E-state index in [1.165, 1.54) is 16.7 Å². The topological polar surface area (TPSA) is 41.9 Å². The van der Waals surface area contributed by atoms with Crippen molar-refractivity contribution in [2.24, 2.45) is 5.92 Å². The highest BCUT2D eigenvalue weighted by Crippen LogP contribution is 2.37. The van der Waals surface area contributed by atoms with Gasteiger partial charge < -0.3 is 0 Å². The maximum Gasteiger partial charge on any atom is 0.238 e. The molecule has 37 heavy (non-hydrogen) atoms. The summed E-state index contributed by atoms with van der Waals surface area (Å²) >= 11 is 0. The Balaban J connectivity index is 2.05. The summed E-state index contributed by atoms with van der Waals surface area (Å²) in [6.45, 7) is 23.3. The highest BCUT2D eigenvalue weighted by Gasteiger charge is 2.29. The third kappa shape index (κ3) is 5.20. The van der Waals surface area contributed by atoms with Crippen LogP contribution in [0, 0.1) is 47.5 Å². The minimum Gasteiger partial charge on any atom is -0.283 e. The fraction of sp³-hybridized carbons (Fsp3) is 0.303. The van der Waals surface area contributed by atoms with Crippen LogP contribution in [0.25, 0.3) is 22.8 Å². The number of benzene rings is 2. The minimum atomic E-state index is 0.206. The molecule has 1 aromatic heterocycles. The summed E-state index contributed by atoms with van der Waals surface area (Å²) in [5.41, 5.74) is 12.6. The second kappa shape index (κ2) is 10.3. The molecule has 4 heteroatoms. The maximum atomic E-state index is 5.10. The number of allylic oxidation sites excluding steroid dienone is 5. The zero-order valence-electron chi connectivity index (χ0n) is 23.7. The summed E-state index contributed by atoms with van der Waals surface area (Å²) in [5, 5.41) is 0. The van der Waals surface area contributed by atoms with Gasteiger partial charge in [0.15, 0.2) is 11.6 Å². The summed E-state index contributed by atoms with van der Waals surface area (Å²) < 4.78 is 0. The third-order valence-corrected chi connectivity index (χ3v) is 6.83. The van der Waals surface area contributed by atoms with E-state index in [4.69, 9.17) is 15.0 Å². The molecule has 3 aromatic rings. The number of rotatable bonds is 5. The van der Waals surface area contributed by atoms with Crippen molar-refractivity contribution >= 4 is 5.95 Å². The Hall–Kier alpha value is -3.79. The monoisotopic (exact) mass is 490 g/mol. The van der Waals surface area contributed by atoms with Crippen molar-refractivity contribution in [1.82, 2.24) is 15.0 Å². The molecule has 0 radical (unpaired) electrons. The largest absolute Gasteiger partial charge is 0.283 e. The lowest BCUT2D eigenvalue weighted by molar-refractivity contribution is 0.853. The Kier molecular flexibility index (Phi) is 7.31. The first-order valence-corrected chi connectivity index (χ1v) is 12.9. The van der Waals surface area contributed by atoms with Crippen LogP contribution in [0.1, 0.15) is 54.2 Å². The Morgan fingerprint density at radius 1 is 0.784 bits per heavy atom. The van der Waals surface area contributed by atoms with Gasteiger partial charge in [0.05, 0.1) is 0 Å². The molecule has 1 atom stereocenters. The molecular formula is C33H38N4. The highest BCUT2D eigenvalue weighted by molar-refractivity contribution is 5.73. The first-order valence-electron chi connectivity index (χ1n) is 12.9. The Bertz CT molecular complexity index is 1360. The van der Waals surface area contributed by atoms with Crippen LogP contribution in [0.4, 0.5) is 5.95 Å². The quantitative estimate of drug-likeness (QED) is 0.360. The molecule has 2 aromatic carbocycles. The predicted molar refractivity (Wildman–Crippen MR) is 157 cm³/mol. The number of nitrogens with zero attached hydrogens (tertiary/aromatic N) is 4. The van der Waals surface area contributed by atoms with Gasteiger partial charge in [0.25, 0.3) is 0 Å². The van der Waals surface area contributed by atoms with E-state index in [-0.39, 0.29) is 5.92 Å². The van der Waals surface area contributed by atoms with Crippen LogP contribution in [-0.2, 0) is 0 Å². The molecule has 4 rings (SSSR count). The SMILES string of the molecule is C=CC1=CC(C)/C(=C\C=C(C)C)N1c1nc(-c2c(C)cc(C)cc2C)nc(-c2c(C)cc(C)cc2C)n1. The highest BCUT2D eigenvalue weighted by atomic mass is 15.3. The molecule has 0 amide bonds. The van der Waals surface area contributed by atoms with Crippen LogP contribution < -0.4 is 4.90 Å². The normalized spacial score (nSPS) is 16.2. The van der Waals surface area contributed by atoms with Gasteiger partial charge in [0.1, 0.15) is 0 Å². The molecule has 2 heterocycles. The molecule has 4 nitrogen and oxygen atoms in total. The second-order valence-electron chi connectivity index (χ2n) is 10.6. The van der Waals surface area contributed by atoms with Crippen LogP contribution in [0.3, 0.4) is 0 Å². The first kappa shape index (κ1) is 26.3. The fourth-order valence-electron chi connectivity index (χ4n) is 5.39. The van der Waals surface area contributed by atoms with Crippen molar-refractivity contribution in [3.63, 3.8) is 0 Å². The third-order valence-electron chi connectivity index (χ3n) is 6.83. The number of hydrogen-bond acceptors (Lipinski definition) is 4. The lowest BCUT2D eigenvalue weighted by Crippen LogP contribution is -2.21. The first-order chi connectivity index (χ1) is 17.5. The van der Waals surface area contributed by atoms with E-state index in [1.807, 2.05) is 6.08 Å². The molecule has 190 valence electrons. The van der Waals surface area contributed by atoms with Crippen LogP contribution in [0.2, 0.25) is 0 Å². The van der Waals surface area contributed by atoms with Crippen molar-refractivity contribution < 1.29 is 0 Å². The van der Waals surface area contributed by atoms with Crippen LogP contribution >= 0.6 is 0 Å². The molecule has 1 aliphatic rings. The van der Waals surface area contributed by atoms with Gasteiger partial charge in [0, 0.05) is 28.4 Å². The Morgan fingerprint density at radius 2 is 1.24 bits per heavy atom. The minimum absolute atomic E-state index is 0.206. The van der Waals surface area contributed by atoms with Gasteiger partial charge in [-0.05, 0) is 89.8 Å². The average molecular weight is 491 g/mol. The number of aromatic nitrogens is 3. The average Bonchev–Trinajstić information content (AvgIpc) is 3.11. The van der Waals surface area contributed by atoms with Crippen molar-refractivity contribution in [2.45, 2.75) is 62.3 Å². The van der Waals surface area contributed by atoms with Crippen molar-refractivity contribution in [3.8, 4) is 22.8 Å². The molecule has 0 saturated carbocycles. The van der Waals surface area contributed by atoms with Crippen LogP contribution in [0.5, 0.6) is 0 Å². The summed E-state index contributed by atoms with van der Waals surface area (Å²) in [7, 11) is 0. The van der Waals surface area contributed by atoms with Crippen molar-refractivity contribution in [1.29, 1.82) is 0 Å². The molecule has 0 N–H and O–H groups in total. The molecule has 0 saturated heterocycles. The zero-order chi connectivity index (χ0) is 27.0. The lowest BCUT2D eigenvalue weighted by atomic mass is 9.98. The number of anilines is 1. The maximum absolute atomic E-state index is 5.10. The summed E-state index contributed by atoms with van der Waals surface area (Å²) in [6, 6.07) is 8.78. The summed E-state index contributed by atoms with van der Waals surface area (Å²) in [6.07, 6.45) is 8.41.